The van der Waals surface area contributed by atoms with Gasteiger partial charge in [0.1, 0.15) is 11.6 Å². The van der Waals surface area contributed by atoms with Crippen LogP contribution in [0, 0.1) is 5.82 Å². The molecule has 1 aliphatic rings. The van der Waals surface area contributed by atoms with Gasteiger partial charge in [-0.15, -0.1) is 0 Å². The van der Waals surface area contributed by atoms with Gasteiger partial charge >= 0.3 is 0 Å². The Kier molecular flexibility index (Phi) is 6.58. The van der Waals surface area contributed by atoms with Gasteiger partial charge in [0, 0.05) is 56.6 Å². The van der Waals surface area contributed by atoms with E-state index in [1.54, 1.807) is 12.3 Å². The predicted molar refractivity (Wildman–Crippen MR) is 105 cm³/mol. The van der Waals surface area contributed by atoms with Crippen LogP contribution in [-0.2, 0) is 6.54 Å². The van der Waals surface area contributed by atoms with Gasteiger partial charge in [-0.05, 0) is 32.4 Å². The topological polar surface area (TPSA) is 64.5 Å². The van der Waals surface area contributed by atoms with E-state index in [9.17, 15) is 9.50 Å². The molecule has 1 aromatic carbocycles. The summed E-state index contributed by atoms with van der Waals surface area (Å²) in [5.41, 5.74) is 0.688. The Balaban J connectivity index is 1.71. The maximum Gasteiger partial charge on any atom is 0.227 e. The van der Waals surface area contributed by atoms with Crippen LogP contribution in [0.3, 0.4) is 0 Å². The minimum Gasteiger partial charge on any atom is -0.396 e. The van der Waals surface area contributed by atoms with Crippen molar-refractivity contribution in [1.29, 1.82) is 0 Å². The first-order valence-electron chi connectivity index (χ1n) is 9.49. The molecule has 1 fully saturated rings. The summed E-state index contributed by atoms with van der Waals surface area (Å²) in [5.74, 6) is 1.31. The molecule has 0 spiro atoms. The van der Waals surface area contributed by atoms with Gasteiger partial charge in [0.05, 0.1) is 0 Å². The van der Waals surface area contributed by atoms with Crippen LogP contribution < -0.4 is 10.2 Å². The number of halogens is 1. The van der Waals surface area contributed by atoms with Crippen LogP contribution in [0.25, 0.3) is 0 Å². The number of benzene rings is 1. The normalized spacial score (nSPS) is 18.1. The van der Waals surface area contributed by atoms with E-state index in [1.165, 1.54) is 6.07 Å². The molecule has 2 heterocycles. The average molecular weight is 373 g/mol. The molecule has 1 atom stereocenters. The zero-order valence-corrected chi connectivity index (χ0v) is 16.0. The van der Waals surface area contributed by atoms with Crippen molar-refractivity contribution in [3.8, 4) is 0 Å². The van der Waals surface area contributed by atoms with Crippen LogP contribution in [-0.4, -0.2) is 58.3 Å². The fourth-order valence-corrected chi connectivity index (χ4v) is 3.43. The largest absolute Gasteiger partial charge is 0.396 e. The van der Waals surface area contributed by atoms with Crippen molar-refractivity contribution in [3.63, 3.8) is 0 Å². The molecule has 1 saturated heterocycles. The summed E-state index contributed by atoms with van der Waals surface area (Å²) in [6, 6.07) is 9.16. The molecule has 0 bridgehead atoms. The Bertz CT molecular complexity index is 742. The summed E-state index contributed by atoms with van der Waals surface area (Å²) >= 11 is 0. The van der Waals surface area contributed by atoms with Crippen molar-refractivity contribution in [1.82, 2.24) is 14.9 Å². The molecule has 1 aliphatic heterocycles. The maximum atomic E-state index is 14.0. The predicted octanol–water partition coefficient (Wildman–Crippen LogP) is 2.51. The SMILES string of the molecule is CC(C)Nc1ccnc(N2CCN(Cc3ccccc3F)[C@H](CCO)C2)n1. The lowest BCUT2D eigenvalue weighted by molar-refractivity contribution is 0.133. The van der Waals surface area contributed by atoms with Gasteiger partial charge in [0.25, 0.3) is 0 Å². The van der Waals surface area contributed by atoms with Crippen molar-refractivity contribution in [2.45, 2.75) is 38.9 Å². The lowest BCUT2D eigenvalue weighted by Crippen LogP contribution is -2.53. The van der Waals surface area contributed by atoms with Gasteiger partial charge in [-0.2, -0.15) is 4.98 Å². The minimum absolute atomic E-state index is 0.0993. The second-order valence-electron chi connectivity index (χ2n) is 7.21. The zero-order valence-electron chi connectivity index (χ0n) is 16.0. The lowest BCUT2D eigenvalue weighted by atomic mass is 10.1. The number of nitrogens with zero attached hydrogens (tertiary/aromatic N) is 4. The monoisotopic (exact) mass is 373 g/mol. The lowest BCUT2D eigenvalue weighted by Gasteiger charge is -2.41. The molecule has 0 unspecified atom stereocenters. The summed E-state index contributed by atoms with van der Waals surface area (Å²) in [5, 5.41) is 12.8. The Labute approximate surface area is 160 Å². The number of hydrogen-bond acceptors (Lipinski definition) is 6. The van der Waals surface area contributed by atoms with E-state index in [1.807, 2.05) is 18.2 Å². The van der Waals surface area contributed by atoms with E-state index >= 15 is 0 Å². The van der Waals surface area contributed by atoms with Crippen molar-refractivity contribution in [3.05, 3.63) is 47.9 Å². The van der Waals surface area contributed by atoms with Crippen LogP contribution in [0.15, 0.2) is 36.5 Å². The number of anilines is 2. The van der Waals surface area contributed by atoms with Crippen LogP contribution in [0.1, 0.15) is 25.8 Å². The highest BCUT2D eigenvalue weighted by molar-refractivity contribution is 5.42. The quantitative estimate of drug-likeness (QED) is 0.778. The molecule has 2 aromatic rings. The molecule has 0 aliphatic carbocycles. The molecule has 27 heavy (non-hydrogen) atoms. The van der Waals surface area contributed by atoms with E-state index in [4.69, 9.17) is 0 Å². The zero-order chi connectivity index (χ0) is 19.2. The van der Waals surface area contributed by atoms with Crippen LogP contribution in [0.4, 0.5) is 16.2 Å². The molecule has 0 saturated carbocycles. The van der Waals surface area contributed by atoms with Crippen LogP contribution in [0.5, 0.6) is 0 Å². The highest BCUT2D eigenvalue weighted by Gasteiger charge is 2.28. The summed E-state index contributed by atoms with van der Waals surface area (Å²) in [7, 11) is 0. The molecule has 0 amide bonds. The first-order chi connectivity index (χ1) is 13.1. The molecule has 146 valence electrons. The fourth-order valence-electron chi connectivity index (χ4n) is 3.43. The highest BCUT2D eigenvalue weighted by Crippen LogP contribution is 2.21. The van der Waals surface area contributed by atoms with Gasteiger partial charge < -0.3 is 15.3 Å². The number of piperazine rings is 1. The molecular formula is C20H28FN5O. The van der Waals surface area contributed by atoms with Gasteiger partial charge in [-0.3, -0.25) is 4.90 Å². The number of rotatable bonds is 7. The number of aliphatic hydroxyl groups excluding tert-OH is 1. The number of nitrogens with one attached hydrogen (secondary N) is 1. The van der Waals surface area contributed by atoms with E-state index in [0.29, 0.717) is 37.1 Å². The Morgan fingerprint density at radius 2 is 2.07 bits per heavy atom. The minimum atomic E-state index is -0.182. The van der Waals surface area contributed by atoms with Crippen LogP contribution in [0.2, 0.25) is 0 Å². The van der Waals surface area contributed by atoms with Gasteiger partial charge in [-0.25, -0.2) is 9.37 Å². The first kappa shape index (κ1) is 19.5. The van der Waals surface area contributed by atoms with E-state index in [-0.39, 0.29) is 18.5 Å². The van der Waals surface area contributed by atoms with E-state index < -0.39 is 0 Å². The maximum absolute atomic E-state index is 14.0. The molecule has 7 heteroatoms. The van der Waals surface area contributed by atoms with E-state index in [0.717, 1.165) is 18.9 Å². The van der Waals surface area contributed by atoms with Crippen molar-refractivity contribution < 1.29 is 9.50 Å². The van der Waals surface area contributed by atoms with Crippen molar-refractivity contribution >= 4 is 11.8 Å². The van der Waals surface area contributed by atoms with Crippen molar-refractivity contribution in [2.24, 2.45) is 0 Å². The van der Waals surface area contributed by atoms with Gasteiger partial charge in [-0.1, -0.05) is 18.2 Å². The number of aliphatic hydroxyl groups is 1. The van der Waals surface area contributed by atoms with E-state index in [2.05, 4.69) is 38.9 Å². The first-order valence-corrected chi connectivity index (χ1v) is 9.49. The molecule has 6 nitrogen and oxygen atoms in total. The van der Waals surface area contributed by atoms with Gasteiger partial charge in [0.15, 0.2) is 0 Å². The summed E-state index contributed by atoms with van der Waals surface area (Å²) in [6.07, 6.45) is 2.40. The Morgan fingerprint density at radius 3 is 2.81 bits per heavy atom. The number of aromatic nitrogens is 2. The smallest absolute Gasteiger partial charge is 0.227 e. The number of hydrogen-bond donors (Lipinski definition) is 2. The molecule has 0 radical (unpaired) electrons. The fraction of sp³-hybridized carbons (Fsp3) is 0.500. The third kappa shape index (κ3) is 5.14. The third-order valence-electron chi connectivity index (χ3n) is 4.76. The Morgan fingerprint density at radius 1 is 1.26 bits per heavy atom. The van der Waals surface area contributed by atoms with Gasteiger partial charge in [0.2, 0.25) is 5.95 Å². The molecular weight excluding hydrogens is 345 g/mol. The second-order valence-corrected chi connectivity index (χ2v) is 7.21. The molecule has 2 N–H and O–H groups in total. The molecule has 1 aromatic heterocycles. The molecule has 3 rings (SSSR count). The summed E-state index contributed by atoms with van der Waals surface area (Å²) in [6.45, 7) is 7.02. The standard InChI is InChI=1S/C20H28FN5O/c1-15(2)23-19-7-9-22-20(24-19)26-11-10-25(17(14-26)8-12-27)13-16-5-3-4-6-18(16)21/h3-7,9,15,17,27H,8,10-14H2,1-2H3,(H,22,23,24)/t17-/m1/s1. The summed E-state index contributed by atoms with van der Waals surface area (Å²) in [4.78, 5) is 13.4. The van der Waals surface area contributed by atoms with Crippen molar-refractivity contribution in [2.75, 3.05) is 36.5 Å². The second kappa shape index (κ2) is 9.10. The average Bonchev–Trinajstić information content (AvgIpc) is 2.65. The van der Waals surface area contributed by atoms with Crippen LogP contribution >= 0.6 is 0 Å². The Hall–Kier alpha value is -2.25. The third-order valence-corrected chi connectivity index (χ3v) is 4.76. The highest BCUT2D eigenvalue weighted by atomic mass is 19.1. The summed E-state index contributed by atoms with van der Waals surface area (Å²) < 4.78 is 14.0.